The van der Waals surface area contributed by atoms with Crippen LogP contribution in [-0.2, 0) is 4.74 Å². The molecule has 1 heterocycles. The van der Waals surface area contributed by atoms with E-state index in [1.165, 1.54) is 12.8 Å². The van der Waals surface area contributed by atoms with Crippen LogP contribution in [0.4, 0.5) is 0 Å². The lowest BCUT2D eigenvalue weighted by atomic mass is 9.79. The molecule has 0 unspecified atom stereocenters. The number of rotatable bonds is 3. The van der Waals surface area contributed by atoms with Crippen molar-refractivity contribution in [2.24, 2.45) is 5.41 Å². The zero-order chi connectivity index (χ0) is 6.74. The van der Waals surface area contributed by atoms with Crippen molar-refractivity contribution in [1.29, 1.82) is 0 Å². The summed E-state index contributed by atoms with van der Waals surface area (Å²) >= 11 is 0. The van der Waals surface area contributed by atoms with Gasteiger partial charge in [-0.05, 0) is 12.8 Å². The van der Waals surface area contributed by atoms with Crippen molar-refractivity contribution in [3.63, 3.8) is 0 Å². The van der Waals surface area contributed by atoms with E-state index in [0.29, 0.717) is 5.41 Å². The first-order valence-corrected chi connectivity index (χ1v) is 3.75. The lowest BCUT2D eigenvalue weighted by Crippen LogP contribution is -2.42. The molecule has 0 aromatic heterocycles. The van der Waals surface area contributed by atoms with Crippen molar-refractivity contribution in [3.05, 3.63) is 6.42 Å². The molecule has 0 atom stereocenters. The molecule has 1 radical (unpaired) electrons. The van der Waals surface area contributed by atoms with Crippen molar-refractivity contribution in [1.82, 2.24) is 0 Å². The summed E-state index contributed by atoms with van der Waals surface area (Å²) in [6.07, 6.45) is 4.80. The standard InChI is InChI=1S/C8H15O/c1-3-5-8(4-2)6-9-7-8/h5H,3-4,6-7H2,1-2H3. The normalized spacial score (nSPS) is 23.3. The maximum atomic E-state index is 5.15. The molecule has 0 aromatic carbocycles. The maximum absolute atomic E-state index is 5.15. The minimum atomic E-state index is 0.467. The van der Waals surface area contributed by atoms with Crippen molar-refractivity contribution >= 4 is 0 Å². The second-order valence-electron chi connectivity index (χ2n) is 2.82. The summed E-state index contributed by atoms with van der Waals surface area (Å²) in [5, 5.41) is 0. The van der Waals surface area contributed by atoms with Crippen LogP contribution in [0, 0.1) is 11.8 Å². The topological polar surface area (TPSA) is 9.23 Å². The van der Waals surface area contributed by atoms with E-state index in [-0.39, 0.29) is 0 Å². The molecule has 1 heteroatoms. The lowest BCUT2D eigenvalue weighted by molar-refractivity contribution is -0.0949. The summed E-state index contributed by atoms with van der Waals surface area (Å²) in [5.41, 5.74) is 0.467. The molecule has 1 aliphatic heterocycles. The highest BCUT2D eigenvalue weighted by atomic mass is 16.5. The molecular weight excluding hydrogens is 112 g/mol. The molecule has 0 spiro atoms. The summed E-state index contributed by atoms with van der Waals surface area (Å²) in [4.78, 5) is 0. The highest BCUT2D eigenvalue weighted by Gasteiger charge is 2.35. The minimum Gasteiger partial charge on any atom is -0.380 e. The van der Waals surface area contributed by atoms with Gasteiger partial charge in [0.05, 0.1) is 13.2 Å². The third kappa shape index (κ3) is 1.26. The molecule has 0 saturated carbocycles. The van der Waals surface area contributed by atoms with Gasteiger partial charge in [0.15, 0.2) is 0 Å². The zero-order valence-electron chi connectivity index (χ0n) is 6.31. The van der Waals surface area contributed by atoms with Gasteiger partial charge in [0.1, 0.15) is 0 Å². The van der Waals surface area contributed by atoms with E-state index < -0.39 is 0 Å². The van der Waals surface area contributed by atoms with Gasteiger partial charge in [-0.25, -0.2) is 0 Å². The van der Waals surface area contributed by atoms with E-state index in [1.54, 1.807) is 0 Å². The van der Waals surface area contributed by atoms with Crippen LogP contribution in [0.1, 0.15) is 26.7 Å². The fourth-order valence-corrected chi connectivity index (χ4v) is 1.26. The third-order valence-corrected chi connectivity index (χ3v) is 2.12. The zero-order valence-corrected chi connectivity index (χ0v) is 6.31. The van der Waals surface area contributed by atoms with Crippen molar-refractivity contribution in [2.75, 3.05) is 13.2 Å². The first kappa shape index (κ1) is 7.07. The Balaban J connectivity index is 2.28. The van der Waals surface area contributed by atoms with Crippen LogP contribution in [-0.4, -0.2) is 13.2 Å². The predicted octanol–water partition coefficient (Wildman–Crippen LogP) is 2.03. The molecule has 1 rings (SSSR count). The average molecular weight is 127 g/mol. The lowest BCUT2D eigenvalue weighted by Gasteiger charge is -2.40. The van der Waals surface area contributed by atoms with Crippen LogP contribution in [0.15, 0.2) is 0 Å². The monoisotopic (exact) mass is 127 g/mol. The Labute approximate surface area is 57.4 Å². The SMILES string of the molecule is CC[CH]C1(CC)COC1. The summed E-state index contributed by atoms with van der Waals surface area (Å²) in [5.74, 6) is 0. The highest BCUT2D eigenvalue weighted by molar-refractivity contribution is 4.95. The Morgan fingerprint density at radius 1 is 1.44 bits per heavy atom. The van der Waals surface area contributed by atoms with E-state index >= 15 is 0 Å². The molecule has 1 fully saturated rings. The van der Waals surface area contributed by atoms with Crippen LogP contribution >= 0.6 is 0 Å². The van der Waals surface area contributed by atoms with E-state index in [0.717, 1.165) is 13.2 Å². The summed E-state index contributed by atoms with van der Waals surface area (Å²) in [6.45, 7) is 6.33. The summed E-state index contributed by atoms with van der Waals surface area (Å²) in [6, 6.07) is 0. The minimum absolute atomic E-state index is 0.467. The smallest absolute Gasteiger partial charge is 0.0547 e. The maximum Gasteiger partial charge on any atom is 0.0547 e. The number of hydrogen-bond donors (Lipinski definition) is 0. The van der Waals surface area contributed by atoms with Gasteiger partial charge in [0.25, 0.3) is 0 Å². The predicted molar refractivity (Wildman–Crippen MR) is 38.1 cm³/mol. The average Bonchev–Trinajstić information content (AvgIpc) is 1.79. The summed E-state index contributed by atoms with van der Waals surface area (Å²) in [7, 11) is 0. The molecule has 1 nitrogen and oxygen atoms in total. The van der Waals surface area contributed by atoms with Gasteiger partial charge in [-0.15, -0.1) is 0 Å². The van der Waals surface area contributed by atoms with Crippen molar-refractivity contribution in [3.8, 4) is 0 Å². The molecule has 0 N–H and O–H groups in total. The number of ether oxygens (including phenoxy) is 1. The van der Waals surface area contributed by atoms with Gasteiger partial charge in [-0.1, -0.05) is 20.3 Å². The molecule has 0 aliphatic carbocycles. The molecule has 53 valence electrons. The molecular formula is C8H15O. The van der Waals surface area contributed by atoms with E-state index in [2.05, 4.69) is 20.3 Å². The molecule has 0 bridgehead atoms. The van der Waals surface area contributed by atoms with Crippen LogP contribution in [0.2, 0.25) is 0 Å². The van der Waals surface area contributed by atoms with Gasteiger partial charge < -0.3 is 4.74 Å². The first-order valence-electron chi connectivity index (χ1n) is 3.75. The fraction of sp³-hybridized carbons (Fsp3) is 0.875. The number of hydrogen-bond acceptors (Lipinski definition) is 1. The Kier molecular flexibility index (Phi) is 2.12. The van der Waals surface area contributed by atoms with E-state index in [4.69, 9.17) is 4.74 Å². The van der Waals surface area contributed by atoms with Crippen LogP contribution in [0.5, 0.6) is 0 Å². The Morgan fingerprint density at radius 3 is 2.22 bits per heavy atom. The van der Waals surface area contributed by atoms with Crippen molar-refractivity contribution < 1.29 is 4.74 Å². The molecule has 9 heavy (non-hydrogen) atoms. The fourth-order valence-electron chi connectivity index (χ4n) is 1.26. The third-order valence-electron chi connectivity index (χ3n) is 2.12. The van der Waals surface area contributed by atoms with Crippen LogP contribution in [0.3, 0.4) is 0 Å². The van der Waals surface area contributed by atoms with Gasteiger partial charge in [-0.3, -0.25) is 0 Å². The van der Waals surface area contributed by atoms with Crippen LogP contribution in [0.25, 0.3) is 0 Å². The van der Waals surface area contributed by atoms with E-state index in [1.807, 2.05) is 0 Å². The molecule has 0 aromatic rings. The van der Waals surface area contributed by atoms with E-state index in [9.17, 15) is 0 Å². The molecule has 0 amide bonds. The Bertz CT molecular complexity index is 79.1. The van der Waals surface area contributed by atoms with Crippen molar-refractivity contribution in [2.45, 2.75) is 26.7 Å². The van der Waals surface area contributed by atoms with Crippen LogP contribution < -0.4 is 0 Å². The Hall–Kier alpha value is -0.0400. The van der Waals surface area contributed by atoms with Gasteiger partial charge in [-0.2, -0.15) is 0 Å². The second-order valence-corrected chi connectivity index (χ2v) is 2.82. The van der Waals surface area contributed by atoms with Gasteiger partial charge in [0.2, 0.25) is 0 Å². The first-order chi connectivity index (χ1) is 4.33. The highest BCUT2D eigenvalue weighted by Crippen LogP contribution is 2.34. The molecule has 1 saturated heterocycles. The second kappa shape index (κ2) is 2.70. The Morgan fingerprint density at radius 2 is 2.11 bits per heavy atom. The van der Waals surface area contributed by atoms with Gasteiger partial charge >= 0.3 is 0 Å². The molecule has 1 aliphatic rings. The largest absolute Gasteiger partial charge is 0.380 e. The summed E-state index contributed by atoms with van der Waals surface area (Å²) < 4.78 is 5.15. The quantitative estimate of drug-likeness (QED) is 0.563. The van der Waals surface area contributed by atoms with Gasteiger partial charge in [0, 0.05) is 5.41 Å².